The van der Waals surface area contributed by atoms with Crippen LogP contribution in [0, 0.1) is 11.3 Å². The van der Waals surface area contributed by atoms with E-state index in [4.69, 9.17) is 22.0 Å². The molecule has 0 fully saturated rings. The van der Waals surface area contributed by atoms with Crippen LogP contribution in [-0.2, 0) is 10.0 Å². The van der Waals surface area contributed by atoms with E-state index in [1.165, 1.54) is 18.2 Å². The van der Waals surface area contributed by atoms with Gasteiger partial charge in [-0.1, -0.05) is 11.6 Å². The number of nitrogens with zero attached hydrogens (tertiary/aromatic N) is 1. The van der Waals surface area contributed by atoms with E-state index < -0.39 is 10.0 Å². The van der Waals surface area contributed by atoms with E-state index in [0.717, 1.165) is 0 Å². The second kappa shape index (κ2) is 6.71. The molecule has 18 heavy (non-hydrogen) atoms. The molecule has 0 aliphatic carbocycles. The Balaban J connectivity index is 2.88. The number of aliphatic hydroxyl groups is 1. The minimum absolute atomic E-state index is 0.0202. The van der Waals surface area contributed by atoms with Crippen LogP contribution in [0.1, 0.15) is 18.4 Å². The minimum atomic E-state index is -3.72. The van der Waals surface area contributed by atoms with Crippen molar-refractivity contribution in [1.29, 1.82) is 5.26 Å². The Morgan fingerprint density at radius 1 is 1.39 bits per heavy atom. The fourth-order valence-corrected chi connectivity index (χ4v) is 2.90. The maximum Gasteiger partial charge on any atom is 0.242 e. The zero-order chi connectivity index (χ0) is 13.6. The molecule has 1 rings (SSSR count). The van der Waals surface area contributed by atoms with E-state index in [2.05, 4.69) is 4.72 Å². The molecule has 0 amide bonds. The molecule has 0 heterocycles. The fourth-order valence-electron chi connectivity index (χ4n) is 1.30. The van der Waals surface area contributed by atoms with Crippen molar-refractivity contribution >= 4 is 21.6 Å². The van der Waals surface area contributed by atoms with Crippen LogP contribution in [0.4, 0.5) is 0 Å². The van der Waals surface area contributed by atoms with Crippen LogP contribution in [0.25, 0.3) is 0 Å². The Kier molecular flexibility index (Phi) is 5.56. The Bertz CT molecular complexity index is 552. The predicted molar refractivity (Wildman–Crippen MR) is 67.7 cm³/mol. The maximum atomic E-state index is 11.9. The average molecular weight is 289 g/mol. The van der Waals surface area contributed by atoms with Gasteiger partial charge in [0.05, 0.1) is 16.7 Å². The van der Waals surface area contributed by atoms with Crippen molar-refractivity contribution in [3.8, 4) is 6.07 Å². The molecule has 0 radical (unpaired) electrons. The van der Waals surface area contributed by atoms with Gasteiger partial charge in [-0.15, -0.1) is 0 Å². The van der Waals surface area contributed by atoms with Gasteiger partial charge in [-0.2, -0.15) is 5.26 Å². The lowest BCUT2D eigenvalue weighted by Crippen LogP contribution is -2.25. The SMILES string of the molecule is N#Cc1ccc(Cl)c(S(=O)(=O)NCCCCO)c1. The third-order valence-electron chi connectivity index (χ3n) is 2.23. The number of sulfonamides is 1. The van der Waals surface area contributed by atoms with Crippen molar-refractivity contribution in [1.82, 2.24) is 4.72 Å². The number of aliphatic hydroxyl groups excluding tert-OH is 1. The number of hydrogen-bond donors (Lipinski definition) is 2. The second-order valence-electron chi connectivity index (χ2n) is 3.59. The normalized spacial score (nSPS) is 11.2. The Labute approximate surface area is 111 Å². The van der Waals surface area contributed by atoms with Gasteiger partial charge in [0, 0.05) is 13.2 Å². The molecular formula is C11H13ClN2O3S. The molecule has 1 aromatic rings. The quantitative estimate of drug-likeness (QED) is 0.771. The monoisotopic (exact) mass is 288 g/mol. The Morgan fingerprint density at radius 3 is 2.72 bits per heavy atom. The van der Waals surface area contributed by atoms with Crippen LogP contribution in [0.5, 0.6) is 0 Å². The molecule has 1 aromatic carbocycles. The van der Waals surface area contributed by atoms with Crippen LogP contribution < -0.4 is 4.72 Å². The lowest BCUT2D eigenvalue weighted by atomic mass is 10.2. The molecule has 0 spiro atoms. The molecule has 0 aromatic heterocycles. The molecule has 0 atom stereocenters. The minimum Gasteiger partial charge on any atom is -0.396 e. The van der Waals surface area contributed by atoms with Gasteiger partial charge < -0.3 is 5.11 Å². The molecule has 0 bridgehead atoms. The van der Waals surface area contributed by atoms with Crippen LogP contribution in [0.15, 0.2) is 23.1 Å². The van der Waals surface area contributed by atoms with Crippen LogP contribution in [0.2, 0.25) is 5.02 Å². The summed E-state index contributed by atoms with van der Waals surface area (Å²) in [4.78, 5) is -0.104. The molecule has 0 unspecified atom stereocenters. The van der Waals surface area contributed by atoms with Crippen molar-refractivity contribution in [3.05, 3.63) is 28.8 Å². The first kappa shape index (κ1) is 14.9. The number of benzene rings is 1. The fraction of sp³-hybridized carbons (Fsp3) is 0.364. The van der Waals surface area contributed by atoms with Crippen molar-refractivity contribution in [3.63, 3.8) is 0 Å². The number of unbranched alkanes of at least 4 members (excludes halogenated alkanes) is 1. The molecule has 5 nitrogen and oxygen atoms in total. The third-order valence-corrected chi connectivity index (χ3v) is 4.17. The standard InChI is InChI=1S/C11H13ClN2O3S/c12-10-4-3-9(8-13)7-11(10)18(16,17)14-5-1-2-6-15/h3-4,7,14-15H,1-2,5-6H2. The third kappa shape index (κ3) is 3.96. The molecule has 0 saturated carbocycles. The van der Waals surface area contributed by atoms with Gasteiger partial charge in [0.1, 0.15) is 4.90 Å². The van der Waals surface area contributed by atoms with Crippen LogP contribution in [0.3, 0.4) is 0 Å². The summed E-state index contributed by atoms with van der Waals surface area (Å²) < 4.78 is 26.2. The number of hydrogen-bond acceptors (Lipinski definition) is 4. The molecular weight excluding hydrogens is 276 g/mol. The molecule has 98 valence electrons. The van der Waals surface area contributed by atoms with Gasteiger partial charge in [-0.3, -0.25) is 0 Å². The van der Waals surface area contributed by atoms with E-state index in [0.29, 0.717) is 12.8 Å². The Hall–Kier alpha value is -1.13. The van der Waals surface area contributed by atoms with Gasteiger partial charge in [-0.25, -0.2) is 13.1 Å². The first-order valence-electron chi connectivity index (χ1n) is 5.31. The predicted octanol–water partition coefficient (Wildman–Crippen LogP) is 1.26. The Morgan fingerprint density at radius 2 is 2.11 bits per heavy atom. The second-order valence-corrected chi connectivity index (χ2v) is 5.73. The van der Waals surface area contributed by atoms with Crippen molar-refractivity contribution in [2.45, 2.75) is 17.7 Å². The largest absolute Gasteiger partial charge is 0.396 e. The summed E-state index contributed by atoms with van der Waals surface area (Å²) in [7, 11) is -3.72. The topological polar surface area (TPSA) is 90.2 Å². The van der Waals surface area contributed by atoms with Gasteiger partial charge >= 0.3 is 0 Å². The number of nitrogens with one attached hydrogen (secondary N) is 1. The number of halogens is 1. The van der Waals surface area contributed by atoms with E-state index in [-0.39, 0.29) is 28.6 Å². The molecule has 0 aliphatic rings. The molecule has 0 saturated heterocycles. The lowest BCUT2D eigenvalue weighted by molar-refractivity contribution is 0.285. The van der Waals surface area contributed by atoms with E-state index in [1.807, 2.05) is 6.07 Å². The van der Waals surface area contributed by atoms with Crippen molar-refractivity contribution < 1.29 is 13.5 Å². The lowest BCUT2D eigenvalue weighted by Gasteiger charge is -2.08. The van der Waals surface area contributed by atoms with Crippen molar-refractivity contribution in [2.75, 3.05) is 13.2 Å². The highest BCUT2D eigenvalue weighted by molar-refractivity contribution is 7.89. The zero-order valence-corrected chi connectivity index (χ0v) is 11.1. The molecule has 7 heteroatoms. The smallest absolute Gasteiger partial charge is 0.242 e. The summed E-state index contributed by atoms with van der Waals surface area (Å²) in [5.41, 5.74) is 0.232. The van der Waals surface area contributed by atoms with E-state index >= 15 is 0 Å². The van der Waals surface area contributed by atoms with Gasteiger partial charge in [0.25, 0.3) is 0 Å². The zero-order valence-electron chi connectivity index (χ0n) is 9.56. The summed E-state index contributed by atoms with van der Waals surface area (Å²) >= 11 is 5.81. The van der Waals surface area contributed by atoms with E-state index in [9.17, 15) is 8.42 Å². The van der Waals surface area contributed by atoms with Crippen molar-refractivity contribution in [2.24, 2.45) is 0 Å². The maximum absolute atomic E-state index is 11.9. The summed E-state index contributed by atoms with van der Waals surface area (Å²) in [5.74, 6) is 0. The first-order valence-corrected chi connectivity index (χ1v) is 7.17. The number of nitriles is 1. The molecule has 0 aliphatic heterocycles. The highest BCUT2D eigenvalue weighted by Crippen LogP contribution is 2.22. The van der Waals surface area contributed by atoms with Gasteiger partial charge in [0.2, 0.25) is 10.0 Å². The average Bonchev–Trinajstić information content (AvgIpc) is 2.35. The highest BCUT2D eigenvalue weighted by Gasteiger charge is 2.17. The van der Waals surface area contributed by atoms with Gasteiger partial charge in [0.15, 0.2) is 0 Å². The summed E-state index contributed by atoms with van der Waals surface area (Å²) in [6.07, 6.45) is 1.06. The number of rotatable bonds is 6. The summed E-state index contributed by atoms with van der Waals surface area (Å²) in [6, 6.07) is 5.92. The van der Waals surface area contributed by atoms with Crippen LogP contribution >= 0.6 is 11.6 Å². The van der Waals surface area contributed by atoms with Gasteiger partial charge in [-0.05, 0) is 31.0 Å². The van der Waals surface area contributed by atoms with E-state index in [1.54, 1.807) is 0 Å². The summed E-state index contributed by atoms with van der Waals surface area (Å²) in [6.45, 7) is 0.238. The highest BCUT2D eigenvalue weighted by atomic mass is 35.5. The van der Waals surface area contributed by atoms with Crippen LogP contribution in [-0.4, -0.2) is 26.7 Å². The molecule has 2 N–H and O–H groups in total. The first-order chi connectivity index (χ1) is 8.51. The summed E-state index contributed by atoms with van der Waals surface area (Å²) in [5, 5.41) is 17.4.